The number of anilines is 1. The lowest BCUT2D eigenvalue weighted by Gasteiger charge is -2.20. The molecular weight excluding hydrogens is 306 g/mol. The molecule has 0 bridgehead atoms. The van der Waals surface area contributed by atoms with Crippen molar-refractivity contribution in [2.45, 2.75) is 38.3 Å². The number of likely N-dealkylation sites (tertiary alicyclic amines) is 1. The lowest BCUT2D eigenvalue weighted by atomic mass is 10.1. The van der Waals surface area contributed by atoms with E-state index in [4.69, 9.17) is 5.73 Å². The lowest BCUT2D eigenvalue weighted by Crippen LogP contribution is -2.26. The first-order chi connectivity index (χ1) is 12.2. The zero-order valence-electron chi connectivity index (χ0n) is 15.0. The minimum absolute atomic E-state index is 0.718. The van der Waals surface area contributed by atoms with Crippen molar-refractivity contribution in [3.63, 3.8) is 0 Å². The first-order valence-electron chi connectivity index (χ1n) is 9.32. The van der Waals surface area contributed by atoms with Crippen LogP contribution in [0.25, 0.3) is 10.9 Å². The van der Waals surface area contributed by atoms with Crippen LogP contribution in [0, 0.1) is 0 Å². The van der Waals surface area contributed by atoms with Crippen molar-refractivity contribution in [3.05, 3.63) is 65.9 Å². The molecule has 2 N–H and O–H groups in total. The van der Waals surface area contributed by atoms with Crippen LogP contribution >= 0.6 is 0 Å². The van der Waals surface area contributed by atoms with Crippen molar-refractivity contribution >= 4 is 16.6 Å². The first-order valence-corrected chi connectivity index (χ1v) is 9.32. The fraction of sp³-hybridized carbons (Fsp3) is 0.364. The second-order valence-electron chi connectivity index (χ2n) is 7.33. The fourth-order valence-electron chi connectivity index (χ4n) is 4.18. The van der Waals surface area contributed by atoms with Gasteiger partial charge in [0.25, 0.3) is 0 Å². The van der Waals surface area contributed by atoms with Gasteiger partial charge in [-0.05, 0) is 62.7 Å². The molecule has 1 aliphatic rings. The highest BCUT2D eigenvalue weighted by atomic mass is 15.1. The number of aryl methyl sites for hydroxylation is 1. The highest BCUT2D eigenvalue weighted by Crippen LogP contribution is 2.26. The fourth-order valence-corrected chi connectivity index (χ4v) is 4.18. The number of hydrogen-bond donors (Lipinski definition) is 1. The normalized spacial score (nSPS) is 18.2. The number of hydrogen-bond acceptors (Lipinski definition) is 2. The molecule has 0 amide bonds. The Labute approximate surface area is 150 Å². The molecule has 1 unspecified atom stereocenters. The van der Waals surface area contributed by atoms with E-state index in [9.17, 15) is 0 Å². The zero-order valence-corrected chi connectivity index (χ0v) is 15.0. The summed E-state index contributed by atoms with van der Waals surface area (Å²) >= 11 is 0. The second-order valence-corrected chi connectivity index (χ2v) is 7.33. The molecular formula is C22H27N3. The molecule has 0 saturated carbocycles. The average molecular weight is 333 g/mol. The number of nitrogens with zero attached hydrogens (tertiary/aromatic N) is 2. The first kappa shape index (κ1) is 16.2. The Hall–Kier alpha value is -2.26. The molecule has 2 aromatic carbocycles. The lowest BCUT2D eigenvalue weighted by molar-refractivity contribution is 0.286. The maximum atomic E-state index is 6.01. The summed E-state index contributed by atoms with van der Waals surface area (Å²) in [5.74, 6) is 0. The average Bonchev–Trinajstić information content (AvgIpc) is 3.16. The Morgan fingerprint density at radius 3 is 2.68 bits per heavy atom. The Balaban J connectivity index is 1.65. The Morgan fingerprint density at radius 2 is 1.92 bits per heavy atom. The number of benzene rings is 2. The molecule has 1 aromatic heterocycles. The van der Waals surface area contributed by atoms with E-state index in [-0.39, 0.29) is 0 Å². The smallest absolute Gasteiger partial charge is 0.0484 e. The summed E-state index contributed by atoms with van der Waals surface area (Å²) in [6, 6.07) is 20.1. The summed E-state index contributed by atoms with van der Waals surface area (Å²) in [6.45, 7) is 2.31. The van der Waals surface area contributed by atoms with E-state index in [0.29, 0.717) is 0 Å². The molecule has 0 radical (unpaired) electrons. The second kappa shape index (κ2) is 6.93. The molecule has 1 saturated heterocycles. The van der Waals surface area contributed by atoms with Gasteiger partial charge in [-0.2, -0.15) is 0 Å². The topological polar surface area (TPSA) is 34.2 Å². The highest BCUT2D eigenvalue weighted by molar-refractivity contribution is 5.84. The van der Waals surface area contributed by atoms with Crippen LogP contribution in [0.15, 0.2) is 54.6 Å². The third-order valence-corrected chi connectivity index (χ3v) is 5.60. The SMILES string of the molecule is CN1CCCC1CCn1c(Cc2ccccc2)cc2cc(N)ccc21. The van der Waals surface area contributed by atoms with Gasteiger partial charge in [-0.25, -0.2) is 0 Å². The predicted molar refractivity (Wildman–Crippen MR) is 106 cm³/mol. The van der Waals surface area contributed by atoms with Gasteiger partial charge in [-0.3, -0.25) is 0 Å². The van der Waals surface area contributed by atoms with Crippen LogP contribution in [0.2, 0.25) is 0 Å². The van der Waals surface area contributed by atoms with E-state index < -0.39 is 0 Å². The number of nitrogens with two attached hydrogens (primary N) is 1. The summed E-state index contributed by atoms with van der Waals surface area (Å²) in [7, 11) is 2.26. The monoisotopic (exact) mass is 333 g/mol. The van der Waals surface area contributed by atoms with Crippen molar-refractivity contribution in [2.75, 3.05) is 19.3 Å². The van der Waals surface area contributed by atoms with Crippen molar-refractivity contribution in [2.24, 2.45) is 0 Å². The van der Waals surface area contributed by atoms with Crippen LogP contribution in [0.3, 0.4) is 0 Å². The van der Waals surface area contributed by atoms with Crippen LogP contribution in [0.1, 0.15) is 30.5 Å². The molecule has 3 nitrogen and oxygen atoms in total. The summed E-state index contributed by atoms with van der Waals surface area (Å²) in [5.41, 5.74) is 10.9. The van der Waals surface area contributed by atoms with Crippen LogP contribution in [-0.4, -0.2) is 29.1 Å². The minimum atomic E-state index is 0.718. The van der Waals surface area contributed by atoms with Gasteiger partial charge >= 0.3 is 0 Å². The van der Waals surface area contributed by atoms with E-state index in [1.54, 1.807) is 0 Å². The Kier molecular flexibility index (Phi) is 4.50. The van der Waals surface area contributed by atoms with Crippen molar-refractivity contribution < 1.29 is 0 Å². The quantitative estimate of drug-likeness (QED) is 0.707. The molecule has 1 aliphatic heterocycles. The van der Waals surface area contributed by atoms with E-state index in [1.807, 2.05) is 6.07 Å². The van der Waals surface area contributed by atoms with Crippen LogP contribution in [-0.2, 0) is 13.0 Å². The van der Waals surface area contributed by atoms with E-state index in [0.717, 1.165) is 24.7 Å². The summed E-state index contributed by atoms with van der Waals surface area (Å²) in [4.78, 5) is 2.51. The van der Waals surface area contributed by atoms with E-state index >= 15 is 0 Å². The van der Waals surface area contributed by atoms with Gasteiger partial charge in [0.1, 0.15) is 0 Å². The maximum Gasteiger partial charge on any atom is 0.0484 e. The van der Waals surface area contributed by atoms with Gasteiger partial charge in [0.2, 0.25) is 0 Å². The molecule has 3 heteroatoms. The third-order valence-electron chi connectivity index (χ3n) is 5.60. The van der Waals surface area contributed by atoms with Crippen molar-refractivity contribution in [1.82, 2.24) is 9.47 Å². The van der Waals surface area contributed by atoms with Gasteiger partial charge in [0.15, 0.2) is 0 Å². The van der Waals surface area contributed by atoms with Gasteiger partial charge in [0, 0.05) is 41.3 Å². The highest BCUT2D eigenvalue weighted by Gasteiger charge is 2.21. The molecule has 0 spiro atoms. The van der Waals surface area contributed by atoms with Gasteiger partial charge in [-0.1, -0.05) is 30.3 Å². The van der Waals surface area contributed by atoms with E-state index in [1.165, 1.54) is 48.0 Å². The standard InChI is InChI=1S/C22H27N3/c1-24-12-5-8-20(24)11-13-25-21(14-17-6-3-2-4-7-17)16-18-15-19(23)9-10-22(18)25/h2-4,6-7,9-10,15-16,20H,5,8,11-14,23H2,1H3. The van der Waals surface area contributed by atoms with Crippen LogP contribution < -0.4 is 5.73 Å². The summed E-state index contributed by atoms with van der Waals surface area (Å²) in [6.07, 6.45) is 4.85. The van der Waals surface area contributed by atoms with Gasteiger partial charge in [0.05, 0.1) is 0 Å². The molecule has 1 atom stereocenters. The Morgan fingerprint density at radius 1 is 1.08 bits per heavy atom. The van der Waals surface area contributed by atoms with Crippen molar-refractivity contribution in [1.29, 1.82) is 0 Å². The summed E-state index contributed by atoms with van der Waals surface area (Å²) in [5, 5.41) is 1.26. The molecule has 2 heterocycles. The Bertz CT molecular complexity index is 850. The molecule has 130 valence electrons. The molecule has 25 heavy (non-hydrogen) atoms. The van der Waals surface area contributed by atoms with Crippen LogP contribution in [0.5, 0.6) is 0 Å². The summed E-state index contributed by atoms with van der Waals surface area (Å²) < 4.78 is 2.51. The molecule has 0 aliphatic carbocycles. The minimum Gasteiger partial charge on any atom is -0.399 e. The number of aromatic nitrogens is 1. The third kappa shape index (κ3) is 3.42. The van der Waals surface area contributed by atoms with E-state index in [2.05, 4.69) is 65.0 Å². The number of rotatable bonds is 5. The maximum absolute atomic E-state index is 6.01. The van der Waals surface area contributed by atoms with Crippen molar-refractivity contribution in [3.8, 4) is 0 Å². The largest absolute Gasteiger partial charge is 0.399 e. The number of fused-ring (bicyclic) bond motifs is 1. The number of nitrogen functional groups attached to an aromatic ring is 1. The van der Waals surface area contributed by atoms with Crippen LogP contribution in [0.4, 0.5) is 5.69 Å². The van der Waals surface area contributed by atoms with Gasteiger partial charge < -0.3 is 15.2 Å². The predicted octanol–water partition coefficient (Wildman–Crippen LogP) is 4.30. The molecule has 1 fully saturated rings. The van der Waals surface area contributed by atoms with Gasteiger partial charge in [-0.15, -0.1) is 0 Å². The molecule has 3 aromatic rings. The molecule has 4 rings (SSSR count). The zero-order chi connectivity index (χ0) is 17.2.